The van der Waals surface area contributed by atoms with Crippen LogP contribution in [-0.2, 0) is 13.0 Å². The molecule has 1 aromatic rings. The van der Waals surface area contributed by atoms with Crippen LogP contribution in [0.15, 0.2) is 25.0 Å². The number of imidazole rings is 1. The van der Waals surface area contributed by atoms with Crippen LogP contribution in [0.2, 0.25) is 0 Å². The normalized spacial score (nSPS) is 10.1. The molecule has 1 heterocycles. The van der Waals surface area contributed by atoms with E-state index in [2.05, 4.69) is 29.3 Å². The largest absolute Gasteiger partial charge is 0.258 e. The van der Waals surface area contributed by atoms with Crippen molar-refractivity contribution < 1.29 is 4.57 Å². The van der Waals surface area contributed by atoms with Crippen LogP contribution in [0.1, 0.15) is 25.6 Å². The quantitative estimate of drug-likeness (QED) is 0.507. The molecular weight excluding hydrogens is 148 g/mol. The maximum atomic E-state index is 3.72. The van der Waals surface area contributed by atoms with Gasteiger partial charge in [0.1, 0.15) is 12.4 Å². The number of H-pyrrole nitrogens is 1. The van der Waals surface area contributed by atoms with E-state index in [1.165, 1.54) is 18.7 Å². The van der Waals surface area contributed by atoms with Gasteiger partial charge in [-0.15, -0.1) is 6.58 Å². The summed E-state index contributed by atoms with van der Waals surface area (Å²) in [5.41, 5.74) is 0. The summed E-state index contributed by atoms with van der Waals surface area (Å²) >= 11 is 0. The molecule has 0 amide bonds. The molecule has 0 aliphatic rings. The summed E-state index contributed by atoms with van der Waals surface area (Å²) in [4.78, 5) is 3.21. The van der Waals surface area contributed by atoms with Gasteiger partial charge >= 0.3 is 0 Å². The fraction of sp³-hybridized carbons (Fsp3) is 0.500. The third kappa shape index (κ3) is 2.22. The average Bonchev–Trinajstić information content (AvgIpc) is 2.50. The van der Waals surface area contributed by atoms with Crippen LogP contribution in [-0.4, -0.2) is 4.98 Å². The van der Waals surface area contributed by atoms with E-state index in [0.717, 1.165) is 13.0 Å². The molecule has 1 N–H and O–H groups in total. The molecule has 2 heteroatoms. The SMILES string of the molecule is C=CCc1[nH]cc[n+]1CCCC. The summed E-state index contributed by atoms with van der Waals surface area (Å²) in [6, 6.07) is 0. The number of rotatable bonds is 5. The maximum absolute atomic E-state index is 3.72. The van der Waals surface area contributed by atoms with Gasteiger partial charge in [0.15, 0.2) is 0 Å². The first kappa shape index (κ1) is 9.04. The Morgan fingerprint density at radius 2 is 2.50 bits per heavy atom. The Labute approximate surface area is 73.9 Å². The van der Waals surface area contributed by atoms with Crippen LogP contribution in [0, 0.1) is 0 Å². The molecule has 0 saturated carbocycles. The van der Waals surface area contributed by atoms with Gasteiger partial charge in [0.05, 0.1) is 13.0 Å². The Bertz CT molecular complexity index is 238. The number of hydrogen-bond donors (Lipinski definition) is 1. The van der Waals surface area contributed by atoms with Crippen LogP contribution in [0.25, 0.3) is 0 Å². The van der Waals surface area contributed by atoms with Crippen molar-refractivity contribution >= 4 is 0 Å². The van der Waals surface area contributed by atoms with E-state index in [1.807, 2.05) is 12.3 Å². The van der Waals surface area contributed by atoms with Crippen molar-refractivity contribution in [3.05, 3.63) is 30.9 Å². The van der Waals surface area contributed by atoms with Crippen molar-refractivity contribution in [1.29, 1.82) is 0 Å². The van der Waals surface area contributed by atoms with E-state index in [1.54, 1.807) is 0 Å². The van der Waals surface area contributed by atoms with Gasteiger partial charge in [-0.25, -0.2) is 9.55 Å². The molecule has 66 valence electrons. The van der Waals surface area contributed by atoms with E-state index in [4.69, 9.17) is 0 Å². The average molecular weight is 165 g/mol. The summed E-state index contributed by atoms with van der Waals surface area (Å²) in [6.07, 6.45) is 9.41. The lowest BCUT2D eigenvalue weighted by atomic mass is 10.3. The van der Waals surface area contributed by atoms with Crippen LogP contribution in [0.3, 0.4) is 0 Å². The molecule has 0 radical (unpaired) electrons. The van der Waals surface area contributed by atoms with Crippen molar-refractivity contribution in [2.45, 2.75) is 32.7 Å². The topological polar surface area (TPSA) is 19.7 Å². The minimum atomic E-state index is 0.927. The first-order valence-electron chi connectivity index (χ1n) is 4.55. The first-order chi connectivity index (χ1) is 5.88. The van der Waals surface area contributed by atoms with Crippen LogP contribution < -0.4 is 4.57 Å². The minimum Gasteiger partial charge on any atom is -0.247 e. The van der Waals surface area contributed by atoms with Gasteiger partial charge in [-0.3, -0.25) is 0 Å². The molecule has 0 saturated heterocycles. The highest BCUT2D eigenvalue weighted by Crippen LogP contribution is 1.92. The van der Waals surface area contributed by atoms with Crippen molar-refractivity contribution in [2.75, 3.05) is 0 Å². The third-order valence-electron chi connectivity index (χ3n) is 1.94. The molecule has 0 aliphatic carbocycles. The highest BCUT2D eigenvalue weighted by atomic mass is 15.1. The van der Waals surface area contributed by atoms with Gasteiger partial charge < -0.3 is 0 Å². The summed E-state index contributed by atoms with van der Waals surface area (Å²) in [5.74, 6) is 1.25. The molecule has 1 aromatic heterocycles. The number of aryl methyl sites for hydroxylation is 1. The predicted molar refractivity (Wildman–Crippen MR) is 49.8 cm³/mol. The van der Waals surface area contributed by atoms with Gasteiger partial charge in [0.25, 0.3) is 5.82 Å². The van der Waals surface area contributed by atoms with E-state index >= 15 is 0 Å². The fourth-order valence-corrected chi connectivity index (χ4v) is 1.25. The highest BCUT2D eigenvalue weighted by molar-refractivity contribution is 4.85. The molecule has 0 atom stereocenters. The molecule has 0 unspecified atom stereocenters. The zero-order chi connectivity index (χ0) is 8.81. The molecule has 0 aliphatic heterocycles. The zero-order valence-corrected chi connectivity index (χ0v) is 7.71. The Morgan fingerprint density at radius 1 is 1.67 bits per heavy atom. The molecule has 0 aromatic carbocycles. The number of hydrogen-bond acceptors (Lipinski definition) is 0. The van der Waals surface area contributed by atoms with Crippen LogP contribution >= 0.6 is 0 Å². The number of aromatic nitrogens is 2. The van der Waals surface area contributed by atoms with Crippen molar-refractivity contribution in [1.82, 2.24) is 4.98 Å². The molecule has 2 nitrogen and oxygen atoms in total. The number of nitrogens with one attached hydrogen (secondary N) is 1. The smallest absolute Gasteiger partial charge is 0.247 e. The van der Waals surface area contributed by atoms with Gasteiger partial charge in [0.2, 0.25) is 0 Å². The van der Waals surface area contributed by atoms with E-state index < -0.39 is 0 Å². The second-order valence-corrected chi connectivity index (χ2v) is 2.95. The van der Waals surface area contributed by atoms with Crippen molar-refractivity contribution in [3.8, 4) is 0 Å². The van der Waals surface area contributed by atoms with Gasteiger partial charge in [-0.1, -0.05) is 19.4 Å². The van der Waals surface area contributed by atoms with Gasteiger partial charge in [0, 0.05) is 0 Å². The summed E-state index contributed by atoms with van der Waals surface area (Å²) in [7, 11) is 0. The molecule has 12 heavy (non-hydrogen) atoms. The number of allylic oxidation sites excluding steroid dienone is 1. The highest BCUT2D eigenvalue weighted by Gasteiger charge is 2.06. The van der Waals surface area contributed by atoms with Crippen LogP contribution in [0.5, 0.6) is 0 Å². The fourth-order valence-electron chi connectivity index (χ4n) is 1.25. The number of unbranched alkanes of at least 4 members (excludes halogenated alkanes) is 1. The predicted octanol–water partition coefficient (Wildman–Crippen LogP) is 1.83. The Hall–Kier alpha value is -1.05. The lowest BCUT2D eigenvalue weighted by Gasteiger charge is -1.96. The Morgan fingerprint density at radius 3 is 3.17 bits per heavy atom. The second-order valence-electron chi connectivity index (χ2n) is 2.95. The lowest BCUT2D eigenvalue weighted by molar-refractivity contribution is -0.702. The maximum Gasteiger partial charge on any atom is 0.258 e. The number of nitrogens with zero attached hydrogens (tertiary/aromatic N) is 1. The van der Waals surface area contributed by atoms with Crippen LogP contribution in [0.4, 0.5) is 0 Å². The molecule has 1 rings (SSSR count). The van der Waals surface area contributed by atoms with E-state index in [0.29, 0.717) is 0 Å². The lowest BCUT2D eigenvalue weighted by Crippen LogP contribution is -2.35. The van der Waals surface area contributed by atoms with E-state index in [9.17, 15) is 0 Å². The standard InChI is InChI=1S/C10H16N2/c1-3-5-8-12-9-7-11-10(12)6-4-2/h4,7,9H,2-3,5-6,8H2,1H3/p+1. The molecular formula is C10H17N2+. The first-order valence-corrected chi connectivity index (χ1v) is 4.55. The van der Waals surface area contributed by atoms with Gasteiger partial charge in [-0.2, -0.15) is 0 Å². The third-order valence-corrected chi connectivity index (χ3v) is 1.94. The molecule has 0 bridgehead atoms. The Balaban J connectivity index is 2.57. The Kier molecular flexibility index (Phi) is 3.58. The second kappa shape index (κ2) is 4.75. The summed E-state index contributed by atoms with van der Waals surface area (Å²) in [6.45, 7) is 7.05. The van der Waals surface area contributed by atoms with Crippen molar-refractivity contribution in [2.24, 2.45) is 0 Å². The zero-order valence-electron chi connectivity index (χ0n) is 7.71. The summed E-state index contributed by atoms with van der Waals surface area (Å²) < 4.78 is 2.26. The van der Waals surface area contributed by atoms with E-state index in [-0.39, 0.29) is 0 Å². The summed E-state index contributed by atoms with van der Waals surface area (Å²) in [5, 5.41) is 0. The monoisotopic (exact) mass is 165 g/mol. The number of aromatic amines is 1. The molecule has 0 spiro atoms. The van der Waals surface area contributed by atoms with Crippen molar-refractivity contribution in [3.63, 3.8) is 0 Å². The molecule has 0 fully saturated rings. The minimum absolute atomic E-state index is 0.927. The van der Waals surface area contributed by atoms with Gasteiger partial charge in [-0.05, 0) is 6.42 Å².